The van der Waals surface area contributed by atoms with Crippen LogP contribution in [0.1, 0.15) is 65.4 Å². The zero-order valence-corrected chi connectivity index (χ0v) is 22.2. The van der Waals surface area contributed by atoms with Gasteiger partial charge in [0.2, 0.25) is 11.8 Å². The minimum atomic E-state index is -0.827. The molecule has 0 fully saturated rings. The van der Waals surface area contributed by atoms with Crippen molar-refractivity contribution in [2.24, 2.45) is 35.1 Å². The summed E-state index contributed by atoms with van der Waals surface area (Å²) in [7, 11) is 0. The molecule has 36 heavy (non-hydrogen) atoms. The summed E-state index contributed by atoms with van der Waals surface area (Å²) in [5, 5.41) is 10.7. The van der Waals surface area contributed by atoms with Crippen molar-refractivity contribution in [3.8, 4) is 0 Å². The fraction of sp³-hybridized carbons (Fsp3) is 0.593. The molecule has 1 rings (SSSR count). The van der Waals surface area contributed by atoms with Crippen molar-refractivity contribution >= 4 is 23.8 Å². The molecule has 0 aliphatic rings. The third kappa shape index (κ3) is 11.3. The average Bonchev–Trinajstić information content (AvgIpc) is 2.84. The number of hydroxylamine groups is 1. The number of carbonyl (C=O) groups excluding carboxylic acids is 3. The van der Waals surface area contributed by atoms with Crippen LogP contribution in [-0.2, 0) is 14.4 Å². The van der Waals surface area contributed by atoms with Crippen molar-refractivity contribution in [2.75, 3.05) is 13.1 Å². The van der Waals surface area contributed by atoms with Crippen molar-refractivity contribution in [1.82, 2.24) is 15.9 Å². The summed E-state index contributed by atoms with van der Waals surface area (Å²) >= 11 is 0. The second-order valence-electron chi connectivity index (χ2n) is 10.1. The van der Waals surface area contributed by atoms with Gasteiger partial charge in [-0.3, -0.25) is 30.0 Å². The van der Waals surface area contributed by atoms with Gasteiger partial charge in [-0.15, -0.1) is 0 Å². The number of hydrogen-bond donors (Lipinski definition) is 5. The molecule has 0 unspecified atom stereocenters. The number of nitrogens with zero attached hydrogens (tertiary/aromatic N) is 1. The summed E-state index contributed by atoms with van der Waals surface area (Å²) in [6.45, 7) is 8.60. The molecule has 0 bridgehead atoms. The van der Waals surface area contributed by atoms with E-state index in [1.807, 2.05) is 70.2 Å². The Kier molecular flexibility index (Phi) is 14.6. The van der Waals surface area contributed by atoms with Crippen LogP contribution in [-0.4, -0.2) is 47.1 Å². The second kappa shape index (κ2) is 16.8. The molecule has 1 aromatic rings. The molecule has 3 atom stereocenters. The second-order valence-corrected chi connectivity index (χ2v) is 10.1. The third-order valence-electron chi connectivity index (χ3n) is 5.84. The van der Waals surface area contributed by atoms with Gasteiger partial charge in [-0.05, 0) is 49.6 Å². The van der Waals surface area contributed by atoms with E-state index in [2.05, 4.69) is 5.43 Å². The van der Waals surface area contributed by atoms with Gasteiger partial charge in [-0.2, -0.15) is 0 Å². The van der Waals surface area contributed by atoms with Crippen molar-refractivity contribution < 1.29 is 19.6 Å². The fourth-order valence-corrected chi connectivity index (χ4v) is 4.02. The molecule has 0 radical (unpaired) electrons. The molecule has 0 saturated carbocycles. The average molecular weight is 504 g/mol. The van der Waals surface area contributed by atoms with Crippen molar-refractivity contribution in [2.45, 2.75) is 65.8 Å². The lowest BCUT2D eigenvalue weighted by molar-refractivity contribution is -0.148. The van der Waals surface area contributed by atoms with Crippen LogP contribution in [0, 0.1) is 23.7 Å². The highest BCUT2D eigenvalue weighted by Crippen LogP contribution is 2.26. The Balaban J connectivity index is 3.12. The quantitative estimate of drug-likeness (QED) is 0.141. The van der Waals surface area contributed by atoms with Crippen LogP contribution in [0.15, 0.2) is 36.4 Å². The third-order valence-corrected chi connectivity index (χ3v) is 5.84. The Labute approximate surface area is 215 Å². The van der Waals surface area contributed by atoms with Crippen LogP contribution < -0.4 is 22.4 Å². The molecule has 0 aliphatic carbocycles. The van der Waals surface area contributed by atoms with E-state index < -0.39 is 29.7 Å². The van der Waals surface area contributed by atoms with Crippen LogP contribution in [0.4, 0.5) is 0 Å². The topological polar surface area (TPSA) is 151 Å². The van der Waals surface area contributed by atoms with Crippen LogP contribution in [0.25, 0.3) is 6.08 Å². The monoisotopic (exact) mass is 503 g/mol. The van der Waals surface area contributed by atoms with Gasteiger partial charge in [0.25, 0.3) is 5.91 Å². The predicted molar refractivity (Wildman–Crippen MR) is 142 cm³/mol. The number of carbonyl (C=O) groups is 3. The number of allylic oxidation sites excluding steroid dienone is 1. The molecule has 0 saturated heterocycles. The van der Waals surface area contributed by atoms with Gasteiger partial charge in [-0.25, -0.2) is 5.48 Å². The molecule has 9 nitrogen and oxygen atoms in total. The standard InChI is InChI=1S/C27H45N5O4/c1-19(2)17-23(22(26(34)31-36)14-10-13-21-11-6-5-7-12-21)25(33)30-32(18-20(3)4)27(35)24(29)15-8-9-16-28/h5-7,10-13,19-20,22-24,36H,8-9,14-18,28-29H2,1-4H3,(H,30,33)(H,31,34)/t22-,23+,24-/m0/s1. The van der Waals surface area contributed by atoms with Gasteiger partial charge in [-0.1, -0.05) is 76.6 Å². The van der Waals surface area contributed by atoms with Crippen LogP contribution in [0.2, 0.25) is 0 Å². The number of nitrogens with two attached hydrogens (primary N) is 2. The van der Waals surface area contributed by atoms with E-state index in [0.717, 1.165) is 18.4 Å². The molecule has 0 spiro atoms. The summed E-state index contributed by atoms with van der Waals surface area (Å²) < 4.78 is 0. The number of hydrogen-bond acceptors (Lipinski definition) is 6. The summed E-state index contributed by atoms with van der Waals surface area (Å²) in [6.07, 6.45) is 6.28. The highest BCUT2D eigenvalue weighted by molar-refractivity contribution is 5.89. The molecule has 202 valence electrons. The largest absolute Gasteiger partial charge is 0.330 e. The van der Waals surface area contributed by atoms with E-state index in [-0.39, 0.29) is 30.7 Å². The number of benzene rings is 1. The number of rotatable bonds is 15. The van der Waals surface area contributed by atoms with E-state index in [1.54, 1.807) is 5.48 Å². The first kappa shape index (κ1) is 31.3. The summed E-state index contributed by atoms with van der Waals surface area (Å²) in [4.78, 5) is 39.2. The lowest BCUT2D eigenvalue weighted by Crippen LogP contribution is -2.56. The van der Waals surface area contributed by atoms with Crippen molar-refractivity contribution in [3.05, 3.63) is 42.0 Å². The fourth-order valence-electron chi connectivity index (χ4n) is 4.02. The molecule has 3 amide bonds. The lowest BCUT2D eigenvalue weighted by atomic mass is 9.82. The van der Waals surface area contributed by atoms with E-state index in [1.165, 1.54) is 5.01 Å². The number of nitrogens with one attached hydrogen (secondary N) is 2. The van der Waals surface area contributed by atoms with Crippen LogP contribution in [0.5, 0.6) is 0 Å². The first-order valence-electron chi connectivity index (χ1n) is 12.8. The van der Waals surface area contributed by atoms with Crippen LogP contribution >= 0.6 is 0 Å². The van der Waals surface area contributed by atoms with Gasteiger partial charge >= 0.3 is 0 Å². The SMILES string of the molecule is CC(C)C[C@@H](C(=O)NN(CC(C)C)C(=O)[C@@H](N)CCCCN)[C@H](CC=Cc1ccccc1)C(=O)NO. The van der Waals surface area contributed by atoms with E-state index >= 15 is 0 Å². The highest BCUT2D eigenvalue weighted by atomic mass is 16.5. The maximum atomic E-state index is 13.5. The normalized spacial score (nSPS) is 14.0. The Morgan fingerprint density at radius 3 is 2.22 bits per heavy atom. The zero-order valence-electron chi connectivity index (χ0n) is 22.2. The van der Waals surface area contributed by atoms with Crippen LogP contribution in [0.3, 0.4) is 0 Å². The first-order valence-corrected chi connectivity index (χ1v) is 12.8. The highest BCUT2D eigenvalue weighted by Gasteiger charge is 2.35. The Hall–Kier alpha value is -2.75. The molecule has 0 heterocycles. The van der Waals surface area contributed by atoms with Gasteiger partial charge in [0.05, 0.1) is 17.9 Å². The number of hydrazine groups is 1. The minimum Gasteiger partial charge on any atom is -0.330 e. The maximum absolute atomic E-state index is 13.5. The molecule has 7 N–H and O–H groups in total. The van der Waals surface area contributed by atoms with Crippen molar-refractivity contribution in [1.29, 1.82) is 0 Å². The van der Waals surface area contributed by atoms with Gasteiger partial charge < -0.3 is 11.5 Å². The molecule has 0 aliphatic heterocycles. The maximum Gasteiger partial charge on any atom is 0.257 e. The number of unbranched alkanes of at least 4 members (excludes halogenated alkanes) is 1. The summed E-state index contributed by atoms with van der Waals surface area (Å²) in [5.74, 6) is -2.88. The Morgan fingerprint density at radius 2 is 1.67 bits per heavy atom. The minimum absolute atomic E-state index is 0.0828. The van der Waals surface area contributed by atoms with E-state index in [0.29, 0.717) is 19.4 Å². The van der Waals surface area contributed by atoms with Gasteiger partial charge in [0.1, 0.15) is 0 Å². The first-order chi connectivity index (χ1) is 17.1. The Bertz CT molecular complexity index is 829. The van der Waals surface area contributed by atoms with Crippen molar-refractivity contribution in [3.63, 3.8) is 0 Å². The lowest BCUT2D eigenvalue weighted by Gasteiger charge is -2.31. The molecular formula is C27H45N5O4. The van der Waals surface area contributed by atoms with E-state index in [4.69, 9.17) is 11.5 Å². The molecule has 1 aromatic carbocycles. The van der Waals surface area contributed by atoms with Gasteiger partial charge in [0, 0.05) is 6.54 Å². The summed E-state index contributed by atoms with van der Waals surface area (Å²) in [6, 6.07) is 8.84. The Morgan fingerprint density at radius 1 is 1.00 bits per heavy atom. The van der Waals surface area contributed by atoms with E-state index in [9.17, 15) is 19.6 Å². The zero-order chi connectivity index (χ0) is 27.1. The predicted octanol–water partition coefficient (Wildman–Crippen LogP) is 2.85. The molecular weight excluding hydrogens is 458 g/mol. The van der Waals surface area contributed by atoms with Gasteiger partial charge in [0.15, 0.2) is 0 Å². The number of amides is 3. The molecule has 9 heteroatoms. The molecule has 0 aromatic heterocycles. The smallest absolute Gasteiger partial charge is 0.257 e. The summed E-state index contributed by atoms with van der Waals surface area (Å²) in [5.41, 5.74) is 17.1.